The van der Waals surface area contributed by atoms with Crippen molar-refractivity contribution in [1.82, 2.24) is 5.32 Å². The number of benzene rings is 1. The summed E-state index contributed by atoms with van der Waals surface area (Å²) < 4.78 is 33.0. The number of alkyl halides is 2. The molecule has 0 fully saturated rings. The van der Waals surface area contributed by atoms with Gasteiger partial charge in [-0.1, -0.05) is 30.3 Å². The number of amides is 1. The third-order valence-electron chi connectivity index (χ3n) is 3.21. The largest absolute Gasteiger partial charge is 0.459 e. The lowest BCUT2D eigenvalue weighted by Crippen LogP contribution is -2.56. The molecule has 8 heteroatoms. The number of nitrogens with one attached hydrogen (secondary N) is 1. The number of hydrogen-bond acceptors (Lipinski definition) is 5. The molecule has 0 bridgehead atoms. The quantitative estimate of drug-likeness (QED) is 0.632. The maximum atomic E-state index is 14.1. The Bertz CT molecular complexity index is 588. The van der Waals surface area contributed by atoms with Crippen LogP contribution in [0.15, 0.2) is 30.3 Å². The van der Waals surface area contributed by atoms with Crippen LogP contribution in [-0.4, -0.2) is 47.2 Å². The molecule has 1 amide bonds. The molecule has 1 rings (SSSR count). The highest BCUT2D eigenvalue weighted by molar-refractivity contribution is 5.87. The Morgan fingerprint density at radius 3 is 2.32 bits per heavy atom. The smallest absolute Gasteiger partial charge is 0.351 e. The fourth-order valence-electron chi connectivity index (χ4n) is 2.05. The first-order valence-corrected chi connectivity index (χ1v) is 7.79. The molecule has 0 aromatic heterocycles. The van der Waals surface area contributed by atoms with Crippen molar-refractivity contribution < 1.29 is 28.2 Å². The summed E-state index contributed by atoms with van der Waals surface area (Å²) in [6.45, 7) is 4.08. The molecule has 25 heavy (non-hydrogen) atoms. The first kappa shape index (κ1) is 21.0. The molecule has 0 aliphatic rings. The topological polar surface area (TPSA) is 102 Å². The molecule has 0 heterocycles. The summed E-state index contributed by atoms with van der Waals surface area (Å²) in [5, 5.41) is 11.5. The summed E-state index contributed by atoms with van der Waals surface area (Å²) in [5.41, 5.74) is 5.46. The Hall–Kier alpha value is -2.06. The van der Waals surface area contributed by atoms with Gasteiger partial charge in [0.1, 0.15) is 18.2 Å². The van der Waals surface area contributed by atoms with E-state index in [1.165, 1.54) is 0 Å². The molecular formula is C17H24F2N2O4. The van der Waals surface area contributed by atoms with Gasteiger partial charge < -0.3 is 20.9 Å². The van der Waals surface area contributed by atoms with Gasteiger partial charge in [0.15, 0.2) is 0 Å². The number of halogens is 2. The number of aliphatic hydroxyl groups is 1. The molecule has 2 atom stereocenters. The average molecular weight is 358 g/mol. The van der Waals surface area contributed by atoms with Gasteiger partial charge in [-0.15, -0.1) is 0 Å². The standard InChI is InChI=1S/C17H24F2N2O4/c1-16(2,3)25-13(22)10-21-15(24)17(18,19)14(23)12(20)9-11-7-5-4-6-8-11/h4-8,12,14,23H,9-10,20H2,1-3H3,(H,21,24)/t12-,14-/m1/s1. The number of esters is 1. The summed E-state index contributed by atoms with van der Waals surface area (Å²) in [7, 11) is 0. The van der Waals surface area contributed by atoms with E-state index in [1.807, 2.05) is 0 Å². The van der Waals surface area contributed by atoms with Gasteiger partial charge in [-0.25, -0.2) is 0 Å². The Labute approximate surface area is 145 Å². The van der Waals surface area contributed by atoms with Crippen LogP contribution in [0.5, 0.6) is 0 Å². The van der Waals surface area contributed by atoms with E-state index in [2.05, 4.69) is 0 Å². The molecule has 0 spiro atoms. The summed E-state index contributed by atoms with van der Waals surface area (Å²) in [5.74, 6) is -6.79. The zero-order valence-electron chi connectivity index (χ0n) is 14.5. The highest BCUT2D eigenvalue weighted by atomic mass is 19.3. The van der Waals surface area contributed by atoms with E-state index >= 15 is 0 Å². The lowest BCUT2D eigenvalue weighted by Gasteiger charge is -2.26. The average Bonchev–Trinajstić information content (AvgIpc) is 2.51. The fraction of sp³-hybridized carbons (Fsp3) is 0.529. The van der Waals surface area contributed by atoms with Gasteiger partial charge in [0.25, 0.3) is 5.91 Å². The third kappa shape index (κ3) is 6.75. The molecule has 140 valence electrons. The minimum Gasteiger partial charge on any atom is -0.459 e. The van der Waals surface area contributed by atoms with Crippen molar-refractivity contribution in [3.8, 4) is 0 Å². The summed E-state index contributed by atoms with van der Waals surface area (Å²) in [6, 6.07) is 7.16. The molecule has 0 unspecified atom stereocenters. The Balaban J connectivity index is 2.61. The lowest BCUT2D eigenvalue weighted by atomic mass is 9.97. The summed E-state index contributed by atoms with van der Waals surface area (Å²) in [4.78, 5) is 23.1. The van der Waals surface area contributed by atoms with Crippen molar-refractivity contribution in [3.63, 3.8) is 0 Å². The number of nitrogens with two attached hydrogens (primary N) is 1. The molecule has 0 saturated heterocycles. The van der Waals surface area contributed by atoms with Crippen LogP contribution in [0.25, 0.3) is 0 Å². The first-order chi connectivity index (χ1) is 11.4. The van der Waals surface area contributed by atoms with Crippen molar-refractivity contribution in [2.75, 3.05) is 6.54 Å². The number of hydrogen-bond donors (Lipinski definition) is 3. The maximum Gasteiger partial charge on any atom is 0.351 e. The molecule has 0 aliphatic carbocycles. The maximum absolute atomic E-state index is 14.1. The van der Waals surface area contributed by atoms with Crippen molar-refractivity contribution in [2.45, 2.75) is 50.9 Å². The van der Waals surface area contributed by atoms with Crippen LogP contribution in [0.3, 0.4) is 0 Å². The number of carbonyl (C=O) groups is 2. The van der Waals surface area contributed by atoms with Crippen LogP contribution >= 0.6 is 0 Å². The second kappa shape index (κ2) is 8.35. The predicted molar refractivity (Wildman–Crippen MR) is 87.9 cm³/mol. The normalized spacial score (nSPS) is 14.5. The van der Waals surface area contributed by atoms with E-state index in [0.717, 1.165) is 0 Å². The molecule has 1 aromatic carbocycles. The minimum absolute atomic E-state index is 0.0308. The molecule has 1 aromatic rings. The van der Waals surface area contributed by atoms with Crippen LogP contribution < -0.4 is 11.1 Å². The summed E-state index contributed by atoms with van der Waals surface area (Å²) >= 11 is 0. The van der Waals surface area contributed by atoms with Crippen LogP contribution in [0, 0.1) is 0 Å². The molecule has 0 saturated carbocycles. The van der Waals surface area contributed by atoms with E-state index in [0.29, 0.717) is 5.56 Å². The molecule has 4 N–H and O–H groups in total. The van der Waals surface area contributed by atoms with E-state index in [4.69, 9.17) is 10.5 Å². The zero-order valence-corrected chi connectivity index (χ0v) is 14.5. The highest BCUT2D eigenvalue weighted by Crippen LogP contribution is 2.22. The Morgan fingerprint density at radius 1 is 1.24 bits per heavy atom. The van der Waals surface area contributed by atoms with Crippen LogP contribution in [-0.2, 0) is 20.7 Å². The minimum atomic E-state index is -4.14. The van der Waals surface area contributed by atoms with Crippen molar-refractivity contribution >= 4 is 11.9 Å². The number of rotatable bonds is 7. The highest BCUT2D eigenvalue weighted by Gasteiger charge is 2.49. The van der Waals surface area contributed by atoms with Crippen molar-refractivity contribution in [3.05, 3.63) is 35.9 Å². The van der Waals surface area contributed by atoms with Gasteiger partial charge in [-0.05, 0) is 32.8 Å². The summed E-state index contributed by atoms with van der Waals surface area (Å²) in [6.07, 6.45) is -2.43. The zero-order chi connectivity index (χ0) is 19.3. The van der Waals surface area contributed by atoms with E-state index in [1.54, 1.807) is 56.4 Å². The second-order valence-corrected chi connectivity index (χ2v) is 6.69. The third-order valence-corrected chi connectivity index (χ3v) is 3.21. The Kier molecular flexibility index (Phi) is 7.01. The molecule has 0 radical (unpaired) electrons. The van der Waals surface area contributed by atoms with E-state index in [-0.39, 0.29) is 6.42 Å². The van der Waals surface area contributed by atoms with Gasteiger partial charge in [0.2, 0.25) is 0 Å². The number of carbonyl (C=O) groups excluding carboxylic acids is 2. The van der Waals surface area contributed by atoms with Gasteiger partial charge in [0, 0.05) is 6.04 Å². The first-order valence-electron chi connectivity index (χ1n) is 7.79. The molecule has 0 aliphatic heterocycles. The van der Waals surface area contributed by atoms with Gasteiger partial charge >= 0.3 is 11.9 Å². The monoisotopic (exact) mass is 358 g/mol. The SMILES string of the molecule is CC(C)(C)OC(=O)CNC(=O)C(F)(F)[C@H](O)[C@H](N)Cc1ccccc1. The van der Waals surface area contributed by atoms with Crippen LogP contribution in [0.1, 0.15) is 26.3 Å². The molecular weight excluding hydrogens is 334 g/mol. The van der Waals surface area contributed by atoms with E-state index in [9.17, 15) is 23.5 Å². The number of aliphatic hydroxyl groups excluding tert-OH is 1. The lowest BCUT2D eigenvalue weighted by molar-refractivity contribution is -0.168. The van der Waals surface area contributed by atoms with Crippen LogP contribution in [0.2, 0.25) is 0 Å². The van der Waals surface area contributed by atoms with Gasteiger partial charge in [-0.2, -0.15) is 8.78 Å². The molecule has 6 nitrogen and oxygen atoms in total. The number of ether oxygens (including phenoxy) is 1. The fourth-order valence-corrected chi connectivity index (χ4v) is 2.05. The van der Waals surface area contributed by atoms with Crippen molar-refractivity contribution in [1.29, 1.82) is 0 Å². The second-order valence-electron chi connectivity index (χ2n) is 6.69. The predicted octanol–water partition coefficient (Wildman–Crippen LogP) is 1.01. The van der Waals surface area contributed by atoms with E-state index < -0.39 is 42.1 Å². The Morgan fingerprint density at radius 2 is 1.80 bits per heavy atom. The van der Waals surface area contributed by atoms with Crippen molar-refractivity contribution in [2.24, 2.45) is 5.73 Å². The van der Waals surface area contributed by atoms with Crippen LogP contribution in [0.4, 0.5) is 8.78 Å². The van der Waals surface area contributed by atoms with Gasteiger partial charge in [0.05, 0.1) is 0 Å². The van der Waals surface area contributed by atoms with Gasteiger partial charge in [-0.3, -0.25) is 9.59 Å².